The van der Waals surface area contributed by atoms with E-state index in [2.05, 4.69) is 15.6 Å². The third-order valence-corrected chi connectivity index (χ3v) is 4.74. The van der Waals surface area contributed by atoms with Gasteiger partial charge in [0.25, 0.3) is 11.8 Å². The quantitative estimate of drug-likeness (QED) is 0.296. The predicted molar refractivity (Wildman–Crippen MR) is 120 cm³/mol. The van der Waals surface area contributed by atoms with Gasteiger partial charge in [-0.2, -0.15) is 0 Å². The number of esters is 1. The van der Waals surface area contributed by atoms with Crippen molar-refractivity contribution < 1.29 is 28.6 Å². The standard InChI is InChI=1S/C24H30N2O6/c1-30-16-6-4-3-5-7-17-32-21-14-12-19(13-15-21)23(28)26-25-22(27)18-8-10-20(11-9-18)24(29)31-2/h8-15H,3-7,16-17H2,1-2H3,(H,25,27)(H,26,28). The van der Waals surface area contributed by atoms with E-state index in [1.54, 1.807) is 31.4 Å². The van der Waals surface area contributed by atoms with E-state index in [1.807, 2.05) is 0 Å². The van der Waals surface area contributed by atoms with Crippen LogP contribution in [0.15, 0.2) is 48.5 Å². The number of rotatable bonds is 12. The van der Waals surface area contributed by atoms with Crippen molar-refractivity contribution in [2.75, 3.05) is 27.4 Å². The zero-order valence-electron chi connectivity index (χ0n) is 18.5. The molecule has 2 rings (SSSR count). The van der Waals surface area contributed by atoms with Crippen molar-refractivity contribution in [2.24, 2.45) is 0 Å². The lowest BCUT2D eigenvalue weighted by atomic mass is 10.1. The molecular weight excluding hydrogens is 412 g/mol. The van der Waals surface area contributed by atoms with Crippen LogP contribution in [0.5, 0.6) is 5.75 Å². The third-order valence-electron chi connectivity index (χ3n) is 4.74. The molecule has 0 atom stereocenters. The lowest BCUT2D eigenvalue weighted by Gasteiger charge is -2.09. The highest BCUT2D eigenvalue weighted by atomic mass is 16.5. The van der Waals surface area contributed by atoms with E-state index in [0.29, 0.717) is 29.0 Å². The Morgan fingerprint density at radius 3 is 1.66 bits per heavy atom. The topological polar surface area (TPSA) is 103 Å². The molecule has 0 heterocycles. The summed E-state index contributed by atoms with van der Waals surface area (Å²) in [5, 5.41) is 0. The Bertz CT molecular complexity index is 865. The third kappa shape index (κ3) is 8.39. The summed E-state index contributed by atoms with van der Waals surface area (Å²) in [7, 11) is 3.00. The van der Waals surface area contributed by atoms with Crippen LogP contribution in [0.3, 0.4) is 0 Å². The Morgan fingerprint density at radius 2 is 1.12 bits per heavy atom. The highest BCUT2D eigenvalue weighted by Gasteiger charge is 2.11. The zero-order chi connectivity index (χ0) is 23.2. The fourth-order valence-electron chi connectivity index (χ4n) is 2.90. The first-order chi connectivity index (χ1) is 15.5. The van der Waals surface area contributed by atoms with Crippen molar-refractivity contribution in [3.63, 3.8) is 0 Å². The second-order valence-electron chi connectivity index (χ2n) is 7.11. The van der Waals surface area contributed by atoms with E-state index in [0.717, 1.165) is 38.7 Å². The fraction of sp³-hybridized carbons (Fsp3) is 0.375. The van der Waals surface area contributed by atoms with Gasteiger partial charge in [0.1, 0.15) is 5.75 Å². The van der Waals surface area contributed by atoms with E-state index >= 15 is 0 Å². The van der Waals surface area contributed by atoms with Gasteiger partial charge in [-0.3, -0.25) is 20.4 Å². The average molecular weight is 443 g/mol. The maximum Gasteiger partial charge on any atom is 0.337 e. The molecule has 0 aliphatic rings. The minimum absolute atomic E-state index is 0.292. The van der Waals surface area contributed by atoms with Crippen LogP contribution in [0.4, 0.5) is 0 Å². The average Bonchev–Trinajstić information content (AvgIpc) is 2.84. The van der Waals surface area contributed by atoms with Gasteiger partial charge in [-0.05, 0) is 61.4 Å². The number of hydrazine groups is 1. The van der Waals surface area contributed by atoms with Crippen molar-refractivity contribution >= 4 is 17.8 Å². The highest BCUT2D eigenvalue weighted by Crippen LogP contribution is 2.13. The Hall–Kier alpha value is -3.39. The van der Waals surface area contributed by atoms with Gasteiger partial charge in [-0.1, -0.05) is 19.3 Å². The molecule has 2 aromatic rings. The van der Waals surface area contributed by atoms with Gasteiger partial charge in [0.05, 0.1) is 19.3 Å². The molecule has 2 N–H and O–H groups in total. The number of hydrogen-bond acceptors (Lipinski definition) is 6. The van der Waals surface area contributed by atoms with Crippen LogP contribution < -0.4 is 15.6 Å². The maximum atomic E-state index is 12.2. The van der Waals surface area contributed by atoms with Crippen LogP contribution >= 0.6 is 0 Å². The van der Waals surface area contributed by atoms with Crippen molar-refractivity contribution in [3.8, 4) is 5.75 Å². The minimum atomic E-state index is -0.503. The SMILES string of the molecule is COCCCCCCCOc1ccc(C(=O)NNC(=O)c2ccc(C(=O)OC)cc2)cc1. The molecule has 32 heavy (non-hydrogen) atoms. The Labute approximate surface area is 188 Å². The molecule has 2 aromatic carbocycles. The molecule has 0 spiro atoms. The van der Waals surface area contributed by atoms with Crippen molar-refractivity contribution in [3.05, 3.63) is 65.2 Å². The van der Waals surface area contributed by atoms with E-state index in [1.165, 1.54) is 31.4 Å². The lowest BCUT2D eigenvalue weighted by molar-refractivity contribution is 0.0600. The highest BCUT2D eigenvalue weighted by molar-refractivity contribution is 5.99. The lowest BCUT2D eigenvalue weighted by Crippen LogP contribution is -2.41. The molecule has 0 fully saturated rings. The number of ether oxygens (including phenoxy) is 3. The number of methoxy groups -OCH3 is 2. The van der Waals surface area contributed by atoms with Crippen LogP contribution in [-0.4, -0.2) is 45.2 Å². The Kier molecular flexibility index (Phi) is 10.7. The molecule has 0 saturated heterocycles. The Morgan fingerprint density at radius 1 is 0.656 bits per heavy atom. The number of hydrogen-bond donors (Lipinski definition) is 2. The number of amides is 2. The van der Waals surface area contributed by atoms with Crippen LogP contribution in [0, 0.1) is 0 Å². The van der Waals surface area contributed by atoms with Gasteiger partial charge in [0.2, 0.25) is 0 Å². The summed E-state index contributed by atoms with van der Waals surface area (Å²) in [5.74, 6) is -0.754. The smallest absolute Gasteiger partial charge is 0.337 e. The fourth-order valence-corrected chi connectivity index (χ4v) is 2.90. The first-order valence-electron chi connectivity index (χ1n) is 10.6. The number of carbonyl (C=O) groups excluding carboxylic acids is 3. The molecule has 0 saturated carbocycles. The van der Waals surface area contributed by atoms with Crippen LogP contribution in [-0.2, 0) is 9.47 Å². The van der Waals surface area contributed by atoms with E-state index in [4.69, 9.17) is 9.47 Å². The number of benzene rings is 2. The molecule has 0 aliphatic heterocycles. The molecule has 2 amide bonds. The van der Waals surface area contributed by atoms with E-state index in [9.17, 15) is 14.4 Å². The number of nitrogens with one attached hydrogen (secondary N) is 2. The van der Waals surface area contributed by atoms with Crippen molar-refractivity contribution in [1.29, 1.82) is 0 Å². The molecule has 172 valence electrons. The summed E-state index contributed by atoms with van der Waals surface area (Å²) in [6.45, 7) is 1.44. The van der Waals surface area contributed by atoms with Gasteiger partial charge < -0.3 is 14.2 Å². The summed E-state index contributed by atoms with van der Waals surface area (Å²) in [6, 6.07) is 12.6. The molecule has 0 bridgehead atoms. The first kappa shape index (κ1) is 24.9. The number of unbranched alkanes of at least 4 members (excludes halogenated alkanes) is 4. The van der Waals surface area contributed by atoms with Crippen molar-refractivity contribution in [2.45, 2.75) is 32.1 Å². The summed E-state index contributed by atoms with van der Waals surface area (Å²) in [5.41, 5.74) is 5.72. The molecule has 8 heteroatoms. The zero-order valence-corrected chi connectivity index (χ0v) is 18.5. The number of carbonyl (C=O) groups is 3. The second-order valence-corrected chi connectivity index (χ2v) is 7.11. The molecular formula is C24H30N2O6. The molecule has 8 nitrogen and oxygen atoms in total. The molecule has 0 aliphatic carbocycles. The van der Waals surface area contributed by atoms with Crippen LogP contribution in [0.2, 0.25) is 0 Å². The monoisotopic (exact) mass is 442 g/mol. The van der Waals surface area contributed by atoms with Gasteiger partial charge in [-0.15, -0.1) is 0 Å². The largest absolute Gasteiger partial charge is 0.494 e. The van der Waals surface area contributed by atoms with Gasteiger partial charge in [0, 0.05) is 24.8 Å². The van der Waals surface area contributed by atoms with E-state index < -0.39 is 17.8 Å². The summed E-state index contributed by atoms with van der Waals surface area (Å²) >= 11 is 0. The van der Waals surface area contributed by atoms with Gasteiger partial charge >= 0.3 is 5.97 Å². The molecule has 0 aromatic heterocycles. The first-order valence-corrected chi connectivity index (χ1v) is 10.6. The maximum absolute atomic E-state index is 12.2. The molecule has 0 unspecified atom stereocenters. The van der Waals surface area contributed by atoms with Gasteiger partial charge in [0.15, 0.2) is 0 Å². The summed E-state index contributed by atoms with van der Waals surface area (Å²) in [6.07, 6.45) is 5.49. The van der Waals surface area contributed by atoms with Crippen LogP contribution in [0.1, 0.15) is 63.2 Å². The summed E-state index contributed by atoms with van der Waals surface area (Å²) in [4.78, 5) is 35.8. The second kappa shape index (κ2) is 13.8. The Balaban J connectivity index is 1.71. The predicted octanol–water partition coefficient (Wildman–Crippen LogP) is 3.52. The minimum Gasteiger partial charge on any atom is -0.494 e. The van der Waals surface area contributed by atoms with Gasteiger partial charge in [-0.25, -0.2) is 4.79 Å². The normalized spacial score (nSPS) is 10.3. The molecule has 0 radical (unpaired) electrons. The van der Waals surface area contributed by atoms with Crippen LogP contribution in [0.25, 0.3) is 0 Å². The van der Waals surface area contributed by atoms with Crippen molar-refractivity contribution in [1.82, 2.24) is 10.9 Å². The van der Waals surface area contributed by atoms with E-state index in [-0.39, 0.29) is 0 Å². The summed E-state index contributed by atoms with van der Waals surface area (Å²) < 4.78 is 15.3.